The first-order valence-corrected chi connectivity index (χ1v) is 6.26. The maximum atomic E-state index is 11.3. The van der Waals surface area contributed by atoms with Crippen molar-refractivity contribution in [1.82, 2.24) is 0 Å². The van der Waals surface area contributed by atoms with Gasteiger partial charge in [0.2, 0.25) is 0 Å². The summed E-state index contributed by atoms with van der Waals surface area (Å²) in [7, 11) is 0. The first kappa shape index (κ1) is 13.1. The molecule has 2 rings (SSSR count). The molecule has 2 aromatic carbocycles. The summed E-state index contributed by atoms with van der Waals surface area (Å²) in [5, 5.41) is 9.29. The Bertz CT molecular complexity index is 544. The molecule has 96 valence electrons. The largest absolute Gasteiger partial charge is 0.481 e. The van der Waals surface area contributed by atoms with Crippen molar-refractivity contribution in [2.75, 3.05) is 0 Å². The Balaban J connectivity index is 2.07. The van der Waals surface area contributed by atoms with Gasteiger partial charge >= 0.3 is 5.97 Å². The lowest BCUT2D eigenvalue weighted by molar-refractivity contribution is -0.138. The zero-order valence-electron chi connectivity index (χ0n) is 10.6. The van der Waals surface area contributed by atoms with E-state index in [0.29, 0.717) is 6.42 Å². The van der Waals surface area contributed by atoms with E-state index in [1.54, 1.807) is 0 Å². The van der Waals surface area contributed by atoms with Crippen molar-refractivity contribution in [2.45, 2.75) is 12.3 Å². The summed E-state index contributed by atoms with van der Waals surface area (Å²) < 4.78 is 0. The van der Waals surface area contributed by atoms with E-state index in [1.165, 1.54) is 0 Å². The summed E-state index contributed by atoms with van der Waals surface area (Å²) in [5.41, 5.74) is 1.92. The van der Waals surface area contributed by atoms with E-state index >= 15 is 0 Å². The molecule has 0 amide bonds. The standard InChI is InChI=1S/C17H16O2/c18-17(19)16(15-11-5-2-6-12-15)13-7-10-14-8-3-1-4-9-14/h1-12,16H,13H2,(H,18,19)/b10-7+. The van der Waals surface area contributed by atoms with Gasteiger partial charge in [-0.2, -0.15) is 0 Å². The van der Waals surface area contributed by atoms with Crippen molar-refractivity contribution in [3.63, 3.8) is 0 Å². The van der Waals surface area contributed by atoms with Crippen LogP contribution in [0.4, 0.5) is 0 Å². The predicted molar refractivity (Wildman–Crippen MR) is 76.9 cm³/mol. The minimum Gasteiger partial charge on any atom is -0.481 e. The Hall–Kier alpha value is -2.35. The van der Waals surface area contributed by atoms with Crippen molar-refractivity contribution < 1.29 is 9.90 Å². The van der Waals surface area contributed by atoms with E-state index in [-0.39, 0.29) is 0 Å². The number of hydrogen-bond donors (Lipinski definition) is 1. The minimum absolute atomic E-state index is 0.485. The lowest BCUT2D eigenvalue weighted by atomic mass is 9.95. The normalized spacial score (nSPS) is 12.4. The summed E-state index contributed by atoms with van der Waals surface area (Å²) in [4.78, 5) is 11.3. The van der Waals surface area contributed by atoms with Crippen LogP contribution in [0.3, 0.4) is 0 Å². The topological polar surface area (TPSA) is 37.3 Å². The van der Waals surface area contributed by atoms with Crippen LogP contribution in [-0.4, -0.2) is 11.1 Å². The van der Waals surface area contributed by atoms with Crippen LogP contribution in [0, 0.1) is 0 Å². The molecule has 0 saturated heterocycles. The van der Waals surface area contributed by atoms with Gasteiger partial charge in [-0.15, -0.1) is 0 Å². The van der Waals surface area contributed by atoms with E-state index in [0.717, 1.165) is 11.1 Å². The fourth-order valence-corrected chi connectivity index (χ4v) is 1.97. The van der Waals surface area contributed by atoms with Crippen molar-refractivity contribution >= 4 is 12.0 Å². The van der Waals surface area contributed by atoms with Gasteiger partial charge in [0.25, 0.3) is 0 Å². The molecular weight excluding hydrogens is 236 g/mol. The summed E-state index contributed by atoms with van der Waals surface area (Å²) in [6.07, 6.45) is 4.37. The molecule has 1 N–H and O–H groups in total. The van der Waals surface area contributed by atoms with Crippen LogP contribution in [-0.2, 0) is 4.79 Å². The van der Waals surface area contributed by atoms with Crippen molar-refractivity contribution in [3.8, 4) is 0 Å². The number of allylic oxidation sites excluding steroid dienone is 1. The number of carbonyl (C=O) groups is 1. The highest BCUT2D eigenvalue weighted by Crippen LogP contribution is 2.20. The van der Waals surface area contributed by atoms with Crippen LogP contribution in [0.2, 0.25) is 0 Å². The van der Waals surface area contributed by atoms with Crippen LogP contribution < -0.4 is 0 Å². The Kier molecular flexibility index (Phi) is 4.51. The second kappa shape index (κ2) is 6.55. The van der Waals surface area contributed by atoms with Gasteiger partial charge in [-0.25, -0.2) is 0 Å². The number of carboxylic acid groups (broad SMARTS) is 1. The third kappa shape index (κ3) is 3.81. The Morgan fingerprint density at radius 2 is 1.58 bits per heavy atom. The average Bonchev–Trinajstić information content (AvgIpc) is 2.45. The molecule has 0 aliphatic carbocycles. The zero-order chi connectivity index (χ0) is 13.5. The van der Waals surface area contributed by atoms with Crippen LogP contribution in [0.1, 0.15) is 23.5 Å². The SMILES string of the molecule is O=C(O)C(C/C=C/c1ccccc1)c1ccccc1. The van der Waals surface area contributed by atoms with E-state index < -0.39 is 11.9 Å². The Labute approximate surface area is 113 Å². The molecule has 0 aliphatic heterocycles. The minimum atomic E-state index is -0.788. The summed E-state index contributed by atoms with van der Waals surface area (Å²) in [6, 6.07) is 19.2. The van der Waals surface area contributed by atoms with Gasteiger partial charge in [0, 0.05) is 0 Å². The van der Waals surface area contributed by atoms with Gasteiger partial charge in [-0.3, -0.25) is 4.79 Å². The highest BCUT2D eigenvalue weighted by Gasteiger charge is 2.17. The van der Waals surface area contributed by atoms with E-state index in [4.69, 9.17) is 0 Å². The average molecular weight is 252 g/mol. The first-order chi connectivity index (χ1) is 9.27. The molecular formula is C17H16O2. The summed E-state index contributed by atoms with van der Waals surface area (Å²) >= 11 is 0. The third-order valence-corrected chi connectivity index (χ3v) is 2.98. The molecule has 1 atom stereocenters. The molecule has 0 fully saturated rings. The zero-order valence-corrected chi connectivity index (χ0v) is 10.6. The molecule has 0 heterocycles. The van der Waals surface area contributed by atoms with Crippen LogP contribution in [0.25, 0.3) is 6.08 Å². The maximum absolute atomic E-state index is 11.3. The quantitative estimate of drug-likeness (QED) is 0.874. The van der Waals surface area contributed by atoms with Crippen molar-refractivity contribution in [3.05, 3.63) is 77.9 Å². The molecule has 0 spiro atoms. The van der Waals surface area contributed by atoms with E-state index in [9.17, 15) is 9.90 Å². The highest BCUT2D eigenvalue weighted by atomic mass is 16.4. The molecule has 19 heavy (non-hydrogen) atoms. The Morgan fingerprint density at radius 3 is 2.16 bits per heavy atom. The van der Waals surface area contributed by atoms with Crippen LogP contribution in [0.5, 0.6) is 0 Å². The summed E-state index contributed by atoms with van der Waals surface area (Å²) in [6.45, 7) is 0. The number of aliphatic carboxylic acids is 1. The number of carboxylic acids is 1. The molecule has 0 aromatic heterocycles. The predicted octanol–water partition coefficient (Wildman–Crippen LogP) is 3.96. The van der Waals surface area contributed by atoms with E-state index in [2.05, 4.69) is 0 Å². The smallest absolute Gasteiger partial charge is 0.311 e. The molecule has 0 radical (unpaired) electrons. The fraction of sp³-hybridized carbons (Fsp3) is 0.118. The third-order valence-electron chi connectivity index (χ3n) is 2.98. The summed E-state index contributed by atoms with van der Waals surface area (Å²) in [5.74, 6) is -1.27. The van der Waals surface area contributed by atoms with Crippen LogP contribution >= 0.6 is 0 Å². The van der Waals surface area contributed by atoms with Gasteiger partial charge in [0.15, 0.2) is 0 Å². The monoisotopic (exact) mass is 252 g/mol. The van der Waals surface area contributed by atoms with Gasteiger partial charge in [-0.05, 0) is 17.5 Å². The van der Waals surface area contributed by atoms with Crippen molar-refractivity contribution in [1.29, 1.82) is 0 Å². The molecule has 0 bridgehead atoms. The van der Waals surface area contributed by atoms with E-state index in [1.807, 2.05) is 72.8 Å². The molecule has 2 aromatic rings. The van der Waals surface area contributed by atoms with Gasteiger partial charge < -0.3 is 5.11 Å². The molecule has 0 saturated carbocycles. The number of hydrogen-bond acceptors (Lipinski definition) is 1. The molecule has 2 nitrogen and oxygen atoms in total. The Morgan fingerprint density at radius 1 is 1.00 bits per heavy atom. The molecule has 2 heteroatoms. The maximum Gasteiger partial charge on any atom is 0.311 e. The van der Waals surface area contributed by atoms with Gasteiger partial charge in [0.05, 0.1) is 5.92 Å². The lowest BCUT2D eigenvalue weighted by Crippen LogP contribution is -2.10. The van der Waals surface area contributed by atoms with Crippen LogP contribution in [0.15, 0.2) is 66.7 Å². The van der Waals surface area contributed by atoms with Crippen molar-refractivity contribution in [2.24, 2.45) is 0 Å². The fourth-order valence-electron chi connectivity index (χ4n) is 1.97. The lowest BCUT2D eigenvalue weighted by Gasteiger charge is -2.09. The number of benzene rings is 2. The molecule has 1 unspecified atom stereocenters. The second-order valence-corrected chi connectivity index (χ2v) is 4.35. The second-order valence-electron chi connectivity index (χ2n) is 4.35. The van der Waals surface area contributed by atoms with Gasteiger partial charge in [0.1, 0.15) is 0 Å². The first-order valence-electron chi connectivity index (χ1n) is 6.26. The highest BCUT2D eigenvalue weighted by molar-refractivity contribution is 5.76. The molecule has 0 aliphatic rings. The number of rotatable bonds is 5. The van der Waals surface area contributed by atoms with Gasteiger partial charge in [-0.1, -0.05) is 72.8 Å².